The lowest BCUT2D eigenvalue weighted by Crippen LogP contribution is -2.25. The zero-order chi connectivity index (χ0) is 13.4. The number of benzene rings is 1. The van der Waals surface area contributed by atoms with Gasteiger partial charge >= 0.3 is 5.97 Å². The van der Waals surface area contributed by atoms with Gasteiger partial charge < -0.3 is 5.11 Å². The van der Waals surface area contributed by atoms with Crippen molar-refractivity contribution in [2.24, 2.45) is 5.92 Å². The van der Waals surface area contributed by atoms with Crippen molar-refractivity contribution in [2.75, 3.05) is 0 Å². The van der Waals surface area contributed by atoms with Gasteiger partial charge in [-0.15, -0.1) is 11.3 Å². The van der Waals surface area contributed by atoms with Gasteiger partial charge in [0.15, 0.2) is 0 Å². The molecule has 2 unspecified atom stereocenters. The van der Waals surface area contributed by atoms with Crippen molar-refractivity contribution in [3.05, 3.63) is 28.2 Å². The van der Waals surface area contributed by atoms with E-state index in [2.05, 4.69) is 4.98 Å². The molecule has 3 rings (SSSR count). The molecule has 1 N–H and O–H groups in total. The fourth-order valence-corrected chi connectivity index (χ4v) is 4.24. The summed E-state index contributed by atoms with van der Waals surface area (Å²) in [6.45, 7) is 0. The summed E-state index contributed by atoms with van der Waals surface area (Å²) in [6, 6.07) is 5.62. The maximum absolute atomic E-state index is 11.4. The molecule has 1 heterocycles. The summed E-state index contributed by atoms with van der Waals surface area (Å²) < 4.78 is 1.04. The van der Waals surface area contributed by atoms with Crippen LogP contribution in [0.5, 0.6) is 0 Å². The van der Waals surface area contributed by atoms with Gasteiger partial charge in [0.25, 0.3) is 0 Å². The fourth-order valence-electron chi connectivity index (χ4n) is 2.80. The number of carbonyl (C=O) groups is 1. The highest BCUT2D eigenvalue weighted by molar-refractivity contribution is 7.18. The minimum atomic E-state index is -0.693. The Morgan fingerprint density at radius 2 is 2.16 bits per heavy atom. The second-order valence-electron chi connectivity index (χ2n) is 5.00. The minimum absolute atomic E-state index is 0.0578. The van der Waals surface area contributed by atoms with Crippen LogP contribution in [0.2, 0.25) is 5.02 Å². The quantitative estimate of drug-likeness (QED) is 0.898. The average molecular weight is 296 g/mol. The molecule has 1 aromatic heterocycles. The highest BCUT2D eigenvalue weighted by Gasteiger charge is 2.33. The van der Waals surface area contributed by atoms with Crippen LogP contribution in [0.1, 0.15) is 36.6 Å². The Morgan fingerprint density at radius 3 is 2.95 bits per heavy atom. The van der Waals surface area contributed by atoms with Crippen molar-refractivity contribution < 1.29 is 9.90 Å². The number of hydrogen-bond acceptors (Lipinski definition) is 3. The van der Waals surface area contributed by atoms with Crippen LogP contribution in [0.3, 0.4) is 0 Å². The molecule has 3 nitrogen and oxygen atoms in total. The van der Waals surface area contributed by atoms with E-state index in [4.69, 9.17) is 11.6 Å². The Labute approximate surface area is 120 Å². The molecule has 0 bridgehead atoms. The lowest BCUT2D eigenvalue weighted by molar-refractivity contribution is -0.143. The Hall–Kier alpha value is -1.13. The van der Waals surface area contributed by atoms with E-state index >= 15 is 0 Å². The van der Waals surface area contributed by atoms with Crippen LogP contribution in [-0.2, 0) is 4.79 Å². The van der Waals surface area contributed by atoms with Gasteiger partial charge in [-0.3, -0.25) is 4.79 Å². The molecule has 1 fully saturated rings. The Bertz CT molecular complexity index is 625. The monoisotopic (exact) mass is 295 g/mol. The van der Waals surface area contributed by atoms with Crippen LogP contribution in [0.25, 0.3) is 10.2 Å². The summed E-state index contributed by atoms with van der Waals surface area (Å²) in [5.74, 6) is -0.922. The first-order valence-electron chi connectivity index (χ1n) is 6.44. The molecular weight excluding hydrogens is 282 g/mol. The molecular formula is C14H14ClNO2S. The van der Waals surface area contributed by atoms with Crippen LogP contribution in [0.4, 0.5) is 0 Å². The van der Waals surface area contributed by atoms with Gasteiger partial charge in [-0.25, -0.2) is 4.98 Å². The summed E-state index contributed by atoms with van der Waals surface area (Å²) >= 11 is 7.56. The zero-order valence-corrected chi connectivity index (χ0v) is 11.9. The Morgan fingerprint density at radius 1 is 1.37 bits per heavy atom. The summed E-state index contributed by atoms with van der Waals surface area (Å²) in [4.78, 5) is 16.0. The number of aromatic nitrogens is 1. The number of aliphatic carboxylic acids is 1. The lowest BCUT2D eigenvalue weighted by atomic mass is 9.79. The second-order valence-corrected chi connectivity index (χ2v) is 6.50. The predicted molar refractivity (Wildman–Crippen MR) is 77.0 cm³/mol. The number of nitrogens with zero attached hydrogens (tertiary/aromatic N) is 1. The number of rotatable bonds is 2. The van der Waals surface area contributed by atoms with Gasteiger partial charge in [-0.2, -0.15) is 0 Å². The van der Waals surface area contributed by atoms with Gasteiger partial charge in [0.05, 0.1) is 21.1 Å². The maximum atomic E-state index is 11.4. The minimum Gasteiger partial charge on any atom is -0.481 e. The molecule has 2 atom stereocenters. The normalized spacial score (nSPS) is 23.6. The molecule has 5 heteroatoms. The zero-order valence-electron chi connectivity index (χ0n) is 10.3. The third-order valence-corrected chi connectivity index (χ3v) is 5.15. The van der Waals surface area contributed by atoms with Crippen molar-refractivity contribution >= 4 is 39.1 Å². The molecule has 0 radical (unpaired) electrons. The van der Waals surface area contributed by atoms with Crippen molar-refractivity contribution in [1.29, 1.82) is 0 Å². The highest BCUT2D eigenvalue weighted by atomic mass is 35.5. The van der Waals surface area contributed by atoms with Gasteiger partial charge in [-0.1, -0.05) is 24.4 Å². The fraction of sp³-hybridized carbons (Fsp3) is 0.429. The van der Waals surface area contributed by atoms with E-state index in [0.29, 0.717) is 5.02 Å². The topological polar surface area (TPSA) is 50.2 Å². The third-order valence-electron chi connectivity index (χ3n) is 3.77. The Kier molecular flexibility index (Phi) is 3.46. The highest BCUT2D eigenvalue weighted by Crippen LogP contribution is 2.41. The molecule has 1 aromatic carbocycles. The average Bonchev–Trinajstić information content (AvgIpc) is 2.81. The van der Waals surface area contributed by atoms with Crippen LogP contribution in [0.15, 0.2) is 18.2 Å². The van der Waals surface area contributed by atoms with Gasteiger partial charge in [0.1, 0.15) is 0 Å². The van der Waals surface area contributed by atoms with E-state index in [1.807, 2.05) is 18.2 Å². The molecule has 1 saturated carbocycles. The summed E-state index contributed by atoms with van der Waals surface area (Å²) in [5.41, 5.74) is 0.916. The molecule has 0 spiro atoms. The van der Waals surface area contributed by atoms with Crippen LogP contribution >= 0.6 is 22.9 Å². The van der Waals surface area contributed by atoms with Crippen LogP contribution in [-0.4, -0.2) is 16.1 Å². The largest absolute Gasteiger partial charge is 0.481 e. The molecule has 19 heavy (non-hydrogen) atoms. The Balaban J connectivity index is 1.99. The third kappa shape index (κ3) is 2.47. The van der Waals surface area contributed by atoms with Crippen LogP contribution < -0.4 is 0 Å². The first-order valence-corrected chi connectivity index (χ1v) is 7.63. The van der Waals surface area contributed by atoms with E-state index in [1.165, 1.54) is 0 Å². The SMILES string of the molecule is O=C(O)C1CCCCC1c1nc2ccc(Cl)cc2s1. The summed E-state index contributed by atoms with van der Waals surface area (Å²) in [7, 11) is 0. The van der Waals surface area contributed by atoms with Gasteiger partial charge in [0, 0.05) is 10.9 Å². The molecule has 0 amide bonds. The number of halogens is 1. The summed E-state index contributed by atoms with van der Waals surface area (Å²) in [5, 5.41) is 11.0. The number of thiazole rings is 1. The van der Waals surface area contributed by atoms with E-state index < -0.39 is 5.97 Å². The number of fused-ring (bicyclic) bond motifs is 1. The smallest absolute Gasteiger partial charge is 0.307 e. The molecule has 2 aromatic rings. The van der Waals surface area contributed by atoms with Crippen molar-refractivity contribution in [2.45, 2.75) is 31.6 Å². The van der Waals surface area contributed by atoms with Gasteiger partial charge in [0.2, 0.25) is 0 Å². The van der Waals surface area contributed by atoms with E-state index in [1.54, 1.807) is 11.3 Å². The van der Waals surface area contributed by atoms with E-state index in [0.717, 1.165) is 40.9 Å². The molecule has 1 aliphatic rings. The predicted octanol–water partition coefficient (Wildman–Crippen LogP) is 4.31. The number of hydrogen-bond donors (Lipinski definition) is 1. The van der Waals surface area contributed by atoms with Crippen molar-refractivity contribution in [1.82, 2.24) is 4.98 Å². The lowest BCUT2D eigenvalue weighted by Gasteiger charge is -2.26. The first-order chi connectivity index (χ1) is 9.15. The van der Waals surface area contributed by atoms with Gasteiger partial charge in [-0.05, 0) is 31.0 Å². The molecule has 0 saturated heterocycles. The molecule has 0 aliphatic heterocycles. The summed E-state index contributed by atoms with van der Waals surface area (Å²) in [6.07, 6.45) is 3.77. The maximum Gasteiger partial charge on any atom is 0.307 e. The van der Waals surface area contributed by atoms with E-state index in [9.17, 15) is 9.90 Å². The second kappa shape index (κ2) is 5.10. The van der Waals surface area contributed by atoms with Crippen molar-refractivity contribution in [3.8, 4) is 0 Å². The first kappa shape index (κ1) is 12.9. The molecule has 1 aliphatic carbocycles. The van der Waals surface area contributed by atoms with E-state index in [-0.39, 0.29) is 11.8 Å². The number of carboxylic acid groups (broad SMARTS) is 1. The van der Waals surface area contributed by atoms with Crippen molar-refractivity contribution in [3.63, 3.8) is 0 Å². The van der Waals surface area contributed by atoms with Crippen LogP contribution in [0, 0.1) is 5.92 Å². The molecule has 100 valence electrons. The number of carboxylic acids is 1. The standard InChI is InChI=1S/C14H14ClNO2S/c15-8-5-6-11-12(7-8)19-13(16-11)9-3-1-2-4-10(9)14(17)18/h5-7,9-10H,1-4H2,(H,17,18).